The maximum atomic E-state index is 14.4. The van der Waals surface area contributed by atoms with Gasteiger partial charge in [-0.3, -0.25) is 38.7 Å². The third kappa shape index (κ3) is 17.7. The number of rotatable bonds is 12. The quantitative estimate of drug-likeness (QED) is 0.0136. The first-order chi connectivity index (χ1) is 51.4. The topological polar surface area (TPSA) is 381 Å². The maximum absolute atomic E-state index is 14.4. The number of benzene rings is 6. The van der Waals surface area contributed by atoms with Gasteiger partial charge in [0.1, 0.15) is 30.1 Å². The van der Waals surface area contributed by atoms with Gasteiger partial charge >= 0.3 is 11.8 Å². The van der Waals surface area contributed by atoms with E-state index in [0.29, 0.717) is 28.8 Å². The monoisotopic (exact) mass is 1520 g/mol. The van der Waals surface area contributed by atoms with Crippen molar-refractivity contribution >= 4 is 103 Å². The van der Waals surface area contributed by atoms with E-state index >= 15 is 0 Å². The van der Waals surface area contributed by atoms with E-state index in [9.17, 15) is 44.7 Å². The highest BCUT2D eigenvalue weighted by atomic mass is 35.5. The van der Waals surface area contributed by atoms with Crippen LogP contribution in [0.1, 0.15) is 83.8 Å². The van der Waals surface area contributed by atoms with Crippen LogP contribution in [0.25, 0.3) is 50.0 Å². The van der Waals surface area contributed by atoms with Gasteiger partial charge in [-0.05, 0) is 114 Å². The van der Waals surface area contributed by atoms with E-state index in [-0.39, 0.29) is 87.5 Å². The van der Waals surface area contributed by atoms with Crippen LogP contribution >= 0.6 is 23.2 Å². The standard InChI is InChI=1S/C43H58N4O12.C27H22Cl2N4.C8H11N5O3/c1-21-12-11-13-22(2)42(55)45-33-28(20-44-47-17-15-46(9)16-18-47)37(52)30-31(38(33)53)36(51)26(6)40-32(30)41(54)43(8,59-40)57-19-14-29(56-10)23(3)39(58-27(7)48)25(5)35(50)24(4)34(21)49;1-17(2)30-24-16-27-25(15-23(24)31-20-11-7-18(28)8-12-20)32-22-5-3-4-6-26(22)33(27)21-13-9-19(29)10-14-21;9-8-11-6-5(7(15)12-8)10-3-13(6)4-16-2-1-14/h11-14,19-21,23-25,29,34-35,39,49-53H,15-18H2,1-10H3,(H,45,55);3-17,31H,1-2H3;3,14H,1-2,4H2,(H3,9,11,12,15)/b12-11+,19-14+,22-13-,44-20+;;/t21-,23+,24+,25+,29-,34-,35+,39+,43-;;/m0../s1. The first-order valence-electron chi connectivity index (χ1n) is 35.2. The minimum atomic E-state index is -2.04. The number of aromatic amines is 1. The number of ketones is 1. The van der Waals surface area contributed by atoms with E-state index in [0.717, 1.165) is 57.9 Å². The van der Waals surface area contributed by atoms with E-state index in [1.54, 1.807) is 44.9 Å². The number of likely N-dealkylation sites (N-methyl/N-ethyl adjacent to an activating group) is 1. The summed E-state index contributed by atoms with van der Waals surface area (Å²) in [6.45, 7) is 19.5. The highest BCUT2D eigenvalue weighted by Gasteiger charge is 2.50. The molecule has 572 valence electrons. The van der Waals surface area contributed by atoms with Gasteiger partial charge in [-0.25, -0.2) is 9.97 Å². The molecule has 108 heavy (non-hydrogen) atoms. The van der Waals surface area contributed by atoms with Crippen LogP contribution < -0.4 is 32.0 Å². The molecule has 0 unspecified atom stereocenters. The third-order valence-electron chi connectivity index (χ3n) is 19.1. The summed E-state index contributed by atoms with van der Waals surface area (Å²) >= 11 is 12.2. The summed E-state index contributed by atoms with van der Waals surface area (Å²) in [4.78, 5) is 74.1. The predicted octanol–water partition coefficient (Wildman–Crippen LogP) is 10.5. The lowest BCUT2D eigenvalue weighted by atomic mass is 9.78. The zero-order chi connectivity index (χ0) is 78.2. The lowest BCUT2D eigenvalue weighted by molar-refractivity contribution is -0.160. The first-order valence-corrected chi connectivity index (χ1v) is 35.9. The van der Waals surface area contributed by atoms with Crippen molar-refractivity contribution in [3.63, 3.8) is 0 Å². The van der Waals surface area contributed by atoms with Gasteiger partial charge in [-0.2, -0.15) is 10.1 Å². The molecule has 5 bridgehead atoms. The highest BCUT2D eigenvalue weighted by Crippen LogP contribution is 2.55. The Morgan fingerprint density at radius 2 is 1.56 bits per heavy atom. The molecule has 6 aliphatic rings. The number of piperazine rings is 1. The van der Waals surface area contributed by atoms with Gasteiger partial charge in [0.05, 0.1) is 106 Å². The molecule has 11 N–H and O–H groups in total. The number of hydrogen-bond acceptors (Lipinski definition) is 24. The van der Waals surface area contributed by atoms with E-state index in [4.69, 9.17) is 67.7 Å². The van der Waals surface area contributed by atoms with Crippen molar-refractivity contribution in [2.45, 2.75) is 112 Å². The molecule has 1 amide bonds. The number of nitrogens with zero attached hydrogens (tertiary/aromatic N) is 9. The average molecular weight is 1520 g/mol. The van der Waals surface area contributed by atoms with E-state index < -0.39 is 88.8 Å². The Morgan fingerprint density at radius 3 is 2.23 bits per heavy atom. The second-order valence-corrected chi connectivity index (χ2v) is 28.2. The van der Waals surface area contributed by atoms with Gasteiger partial charge in [0.25, 0.3) is 17.2 Å². The van der Waals surface area contributed by atoms with Gasteiger partial charge in [-0.1, -0.05) is 81.3 Å². The number of allylic oxidation sites excluding steroid dienone is 2. The van der Waals surface area contributed by atoms with Crippen molar-refractivity contribution in [2.75, 3.05) is 69.9 Å². The molecule has 1 saturated heterocycles. The second kappa shape index (κ2) is 34.6. The number of aliphatic hydroxyl groups excluding tert-OH is 3. The van der Waals surface area contributed by atoms with Gasteiger partial charge in [0.2, 0.25) is 5.95 Å². The molecule has 0 spiro atoms. The Morgan fingerprint density at radius 1 is 0.880 bits per heavy atom. The Labute approximate surface area is 633 Å². The fourth-order valence-electron chi connectivity index (χ4n) is 13.1. The number of halogens is 2. The fraction of sp³-hybridized carbons (Fsp3) is 0.372. The summed E-state index contributed by atoms with van der Waals surface area (Å²) in [6.07, 6.45) is 6.29. The second-order valence-electron chi connectivity index (χ2n) is 27.3. The number of methoxy groups -OCH3 is 1. The number of anilines is 4. The Bertz CT molecular complexity index is 5010. The smallest absolute Gasteiger partial charge is 0.312 e. The van der Waals surface area contributed by atoms with Crippen molar-refractivity contribution in [3.05, 3.63) is 170 Å². The summed E-state index contributed by atoms with van der Waals surface area (Å²) in [6, 6.07) is 27.9. The number of nitrogens with two attached hydrogens (primary N) is 1. The number of phenols is 3. The van der Waals surface area contributed by atoms with E-state index in [2.05, 4.69) is 72.2 Å². The van der Waals surface area contributed by atoms with E-state index in [1.165, 1.54) is 70.3 Å². The van der Waals surface area contributed by atoms with Crippen LogP contribution in [-0.2, 0) is 35.3 Å². The lowest BCUT2D eigenvalue weighted by Gasteiger charge is -2.38. The minimum absolute atomic E-state index is 0.0291. The molecule has 9 atom stereocenters. The maximum Gasteiger partial charge on any atom is 0.312 e. The molecular formula is C78H91Cl2N13O15. The number of hydrazone groups is 1. The molecule has 0 saturated carbocycles. The van der Waals surface area contributed by atoms with Crippen LogP contribution in [-0.4, -0.2) is 183 Å². The van der Waals surface area contributed by atoms with Crippen molar-refractivity contribution in [1.29, 1.82) is 0 Å². The molecule has 5 aromatic carbocycles. The summed E-state index contributed by atoms with van der Waals surface area (Å²) in [5, 5.41) is 81.2. The molecule has 7 heterocycles. The van der Waals surface area contributed by atoms with Gasteiger partial charge in [0.15, 0.2) is 16.9 Å². The number of H-pyrrole nitrogens is 1. The Hall–Kier alpha value is -10.4. The molecule has 5 aliphatic heterocycles. The minimum Gasteiger partial charge on any atom is -0.507 e. The molecule has 2 aromatic heterocycles. The number of aromatic nitrogens is 6. The van der Waals surface area contributed by atoms with Crippen molar-refractivity contribution < 1.29 is 68.7 Å². The fourth-order valence-corrected chi connectivity index (χ4v) is 13.4. The van der Waals surface area contributed by atoms with Gasteiger partial charge < -0.3 is 80.2 Å². The number of carbonyl (C=O) groups is 3. The van der Waals surface area contributed by atoms with E-state index in [1.807, 2.05) is 73.8 Å². The predicted molar refractivity (Wildman–Crippen MR) is 414 cm³/mol. The number of imidazole rings is 1. The number of nitrogen functional groups attached to an aromatic ring is 1. The van der Waals surface area contributed by atoms with Crippen LogP contribution in [0.4, 0.5) is 23.0 Å². The number of phenolic OH excluding ortho intramolecular Hbond substituents is 3. The van der Waals surface area contributed by atoms with Crippen LogP contribution in [0.5, 0.6) is 23.0 Å². The summed E-state index contributed by atoms with van der Waals surface area (Å²) in [5.74, 6) is -8.31. The number of esters is 1. The molecule has 30 heteroatoms. The molecule has 1 aliphatic carbocycles. The number of para-hydroxylation sites is 2. The average Bonchev–Trinajstić information content (AvgIpc) is 1.47. The molecular weight excluding hydrogens is 1430 g/mol. The van der Waals surface area contributed by atoms with Crippen molar-refractivity contribution in [3.8, 4) is 40.1 Å². The number of aromatic hydroxyl groups is 3. The molecule has 13 rings (SSSR count). The van der Waals surface area contributed by atoms with Crippen LogP contribution in [0.2, 0.25) is 10.0 Å². The van der Waals surface area contributed by atoms with Crippen molar-refractivity contribution in [1.82, 2.24) is 39.0 Å². The van der Waals surface area contributed by atoms with Crippen molar-refractivity contribution in [2.24, 2.45) is 33.8 Å². The number of fused-ring (bicyclic) bond motifs is 17. The number of nitrogens with one attached hydrogen (secondary N) is 3. The van der Waals surface area contributed by atoms with Crippen LogP contribution in [0.15, 0.2) is 142 Å². The molecule has 28 nitrogen and oxygen atoms in total. The zero-order valence-electron chi connectivity index (χ0n) is 62.0. The molecule has 0 radical (unpaired) electrons. The van der Waals surface area contributed by atoms with Gasteiger partial charge in [0, 0.05) is 115 Å². The normalized spacial score (nSPS) is 22.9. The Kier molecular flexibility index (Phi) is 25.7. The number of carbonyl (C=O) groups excluding carboxylic acids is 3. The first kappa shape index (κ1) is 80.1. The molecule has 1 fully saturated rings. The number of aliphatic hydroxyl groups is 3. The summed E-state index contributed by atoms with van der Waals surface area (Å²) in [7, 11) is 3.42. The van der Waals surface area contributed by atoms with Crippen LogP contribution in [0.3, 0.4) is 0 Å². The van der Waals surface area contributed by atoms with Crippen LogP contribution in [0, 0.1) is 30.6 Å². The largest absolute Gasteiger partial charge is 0.507 e. The lowest BCUT2D eigenvalue weighted by Crippen LogP contribution is -2.46. The number of ether oxygens (including phenoxy) is 5. The zero-order valence-corrected chi connectivity index (χ0v) is 63.5. The number of amides is 1. The summed E-state index contributed by atoms with van der Waals surface area (Å²) < 4.78 is 32.4. The highest BCUT2D eigenvalue weighted by molar-refractivity contribution is 6.31. The number of Topliss-reactive ketones (excluding diaryl/α,β-unsaturated/α-hetero) is 1. The van der Waals surface area contributed by atoms with Gasteiger partial charge in [-0.15, -0.1) is 0 Å². The summed E-state index contributed by atoms with van der Waals surface area (Å²) in [5.41, 5.74) is 11.8. The Balaban J connectivity index is 0.000000209. The molecule has 7 aromatic rings. The third-order valence-corrected chi connectivity index (χ3v) is 19.6. The SMILES string of the molecule is CC(C)N=c1cc2n(-c3ccc(Cl)cc3)c3ccccc3nc-2cc1Nc1ccc(Cl)cc1.CO[C@H]1/C=C/O[C@@]2(C)Oc3c(C)c(O)c4c(O)c(c(/C=N/N5CCN(C)CC5)c(O)c4c3C2=O)NC(=O)/C(C)=C\C=C\[C@H](C)[C@H](O)[C@@H](C)[C@@H](O)[C@@H](C)[C@H](OC(C)=O)[C@@H]1C.Nc1nc2c(ncn2COCCO)c(=O)[nH]1. The number of hydrogen-bond donors (Lipinski definition) is 10.